The molecule has 0 nitrogen and oxygen atoms in total. The number of thiophene rings is 1. The Morgan fingerprint density at radius 3 is 2.35 bits per heavy atom. The average molecular weight is 330 g/mol. The second kappa shape index (κ2) is 5.13. The molecular formula is C14H14BrClS. The first kappa shape index (κ1) is 13.1. The Morgan fingerprint density at radius 2 is 1.82 bits per heavy atom. The lowest BCUT2D eigenvalue weighted by atomic mass is 10.1. The van der Waals surface area contributed by atoms with Gasteiger partial charge in [-0.1, -0.05) is 33.6 Å². The topological polar surface area (TPSA) is 0 Å². The van der Waals surface area contributed by atoms with Gasteiger partial charge in [0.1, 0.15) is 0 Å². The SMILES string of the molecule is Cc1cc(Cl)cc(C(Br)c2sc(C)cc2C)c1. The van der Waals surface area contributed by atoms with Crippen molar-refractivity contribution in [2.45, 2.75) is 25.6 Å². The highest BCUT2D eigenvalue weighted by molar-refractivity contribution is 9.09. The molecule has 1 heterocycles. The van der Waals surface area contributed by atoms with Crippen molar-refractivity contribution >= 4 is 38.9 Å². The van der Waals surface area contributed by atoms with Crippen molar-refractivity contribution in [3.63, 3.8) is 0 Å². The first-order valence-corrected chi connectivity index (χ1v) is 7.56. The number of rotatable bonds is 2. The van der Waals surface area contributed by atoms with Gasteiger partial charge in [0, 0.05) is 14.8 Å². The average Bonchev–Trinajstić information content (AvgIpc) is 2.55. The molecule has 2 rings (SSSR count). The highest BCUT2D eigenvalue weighted by atomic mass is 79.9. The molecule has 17 heavy (non-hydrogen) atoms. The van der Waals surface area contributed by atoms with Crippen LogP contribution in [0.25, 0.3) is 0 Å². The van der Waals surface area contributed by atoms with Crippen LogP contribution in [0, 0.1) is 20.8 Å². The zero-order valence-electron chi connectivity index (χ0n) is 10.1. The molecule has 0 radical (unpaired) electrons. The van der Waals surface area contributed by atoms with Crippen molar-refractivity contribution in [3.8, 4) is 0 Å². The Kier molecular flexibility index (Phi) is 3.96. The van der Waals surface area contributed by atoms with E-state index < -0.39 is 0 Å². The second-order valence-electron chi connectivity index (χ2n) is 4.33. The molecule has 0 aliphatic rings. The number of benzene rings is 1. The van der Waals surface area contributed by atoms with Crippen LogP contribution in [0.1, 0.15) is 31.3 Å². The Morgan fingerprint density at radius 1 is 1.12 bits per heavy atom. The van der Waals surface area contributed by atoms with Crippen LogP contribution >= 0.6 is 38.9 Å². The Labute approximate surface area is 120 Å². The molecule has 1 aromatic heterocycles. The van der Waals surface area contributed by atoms with Crippen LogP contribution < -0.4 is 0 Å². The molecule has 1 aromatic carbocycles. The summed E-state index contributed by atoms with van der Waals surface area (Å²) in [6.45, 7) is 6.37. The van der Waals surface area contributed by atoms with Gasteiger partial charge in [0.25, 0.3) is 0 Å². The fourth-order valence-electron chi connectivity index (χ4n) is 1.97. The predicted molar refractivity (Wildman–Crippen MR) is 80.8 cm³/mol. The van der Waals surface area contributed by atoms with E-state index in [2.05, 4.69) is 48.8 Å². The van der Waals surface area contributed by atoms with E-state index in [1.807, 2.05) is 23.5 Å². The molecular weight excluding hydrogens is 316 g/mol. The van der Waals surface area contributed by atoms with E-state index in [4.69, 9.17) is 11.6 Å². The standard InChI is InChI=1S/C14H14BrClS/c1-8-4-11(7-12(16)5-8)13(15)14-9(2)6-10(3)17-14/h4-7,13H,1-3H3. The predicted octanol–water partition coefficient (Wildman–Crippen LogP) is 5.81. The molecule has 0 aliphatic heterocycles. The smallest absolute Gasteiger partial charge is 0.0741 e. The van der Waals surface area contributed by atoms with Crippen LogP contribution in [0.3, 0.4) is 0 Å². The molecule has 0 saturated carbocycles. The molecule has 0 spiro atoms. The number of halogens is 2. The maximum absolute atomic E-state index is 6.11. The fraction of sp³-hybridized carbons (Fsp3) is 0.286. The number of hydrogen-bond donors (Lipinski definition) is 0. The molecule has 3 heteroatoms. The monoisotopic (exact) mass is 328 g/mol. The van der Waals surface area contributed by atoms with Crippen LogP contribution in [0.4, 0.5) is 0 Å². The second-order valence-corrected chi connectivity index (χ2v) is 6.97. The maximum atomic E-state index is 6.11. The molecule has 90 valence electrons. The largest absolute Gasteiger partial charge is 0.144 e. The van der Waals surface area contributed by atoms with Gasteiger partial charge in [0.15, 0.2) is 0 Å². The minimum Gasteiger partial charge on any atom is -0.144 e. The summed E-state index contributed by atoms with van der Waals surface area (Å²) in [5.41, 5.74) is 3.76. The summed E-state index contributed by atoms with van der Waals surface area (Å²) < 4.78 is 0. The number of hydrogen-bond acceptors (Lipinski definition) is 1. The summed E-state index contributed by atoms with van der Waals surface area (Å²) in [7, 11) is 0. The Balaban J connectivity index is 2.43. The summed E-state index contributed by atoms with van der Waals surface area (Å²) in [5, 5.41) is 0.801. The maximum Gasteiger partial charge on any atom is 0.0741 e. The molecule has 1 unspecified atom stereocenters. The van der Waals surface area contributed by atoms with Crippen LogP contribution in [-0.4, -0.2) is 0 Å². The summed E-state index contributed by atoms with van der Waals surface area (Å²) in [6, 6.07) is 8.42. The van der Waals surface area contributed by atoms with Crippen molar-refractivity contribution in [3.05, 3.63) is 55.7 Å². The van der Waals surface area contributed by atoms with E-state index in [1.165, 1.54) is 26.4 Å². The molecule has 0 fully saturated rings. The zero-order chi connectivity index (χ0) is 12.6. The van der Waals surface area contributed by atoms with Gasteiger partial charge >= 0.3 is 0 Å². The highest BCUT2D eigenvalue weighted by Crippen LogP contribution is 2.38. The van der Waals surface area contributed by atoms with Crippen molar-refractivity contribution in [1.29, 1.82) is 0 Å². The summed E-state index contributed by atoms with van der Waals surface area (Å²) in [5.74, 6) is 0. The van der Waals surface area contributed by atoms with Gasteiger partial charge in [-0.2, -0.15) is 0 Å². The van der Waals surface area contributed by atoms with Gasteiger partial charge in [-0.15, -0.1) is 11.3 Å². The molecule has 2 aromatic rings. The summed E-state index contributed by atoms with van der Waals surface area (Å²) in [4.78, 5) is 2.95. The Hall–Kier alpha value is -0.310. The van der Waals surface area contributed by atoms with Crippen molar-refractivity contribution in [2.75, 3.05) is 0 Å². The molecule has 0 amide bonds. The third kappa shape index (κ3) is 2.93. The van der Waals surface area contributed by atoms with Gasteiger partial charge in [-0.25, -0.2) is 0 Å². The van der Waals surface area contributed by atoms with Crippen LogP contribution in [0.5, 0.6) is 0 Å². The van der Waals surface area contributed by atoms with E-state index in [-0.39, 0.29) is 4.83 Å². The lowest BCUT2D eigenvalue weighted by Crippen LogP contribution is -1.92. The zero-order valence-corrected chi connectivity index (χ0v) is 13.2. The third-order valence-corrected chi connectivity index (χ3v) is 5.39. The van der Waals surface area contributed by atoms with E-state index in [0.717, 1.165) is 5.02 Å². The Bertz CT molecular complexity index is 525. The van der Waals surface area contributed by atoms with E-state index in [0.29, 0.717) is 0 Å². The summed E-state index contributed by atoms with van der Waals surface area (Å²) >= 11 is 11.7. The van der Waals surface area contributed by atoms with E-state index in [1.54, 1.807) is 0 Å². The molecule has 0 N–H and O–H groups in total. The van der Waals surface area contributed by atoms with Crippen molar-refractivity contribution < 1.29 is 0 Å². The van der Waals surface area contributed by atoms with E-state index in [9.17, 15) is 0 Å². The van der Waals surface area contributed by atoms with Crippen LogP contribution in [-0.2, 0) is 0 Å². The highest BCUT2D eigenvalue weighted by Gasteiger charge is 2.16. The van der Waals surface area contributed by atoms with E-state index >= 15 is 0 Å². The summed E-state index contributed by atoms with van der Waals surface area (Å²) in [6.07, 6.45) is 0. The van der Waals surface area contributed by atoms with Gasteiger partial charge in [-0.3, -0.25) is 0 Å². The lowest BCUT2D eigenvalue weighted by Gasteiger charge is -2.11. The quantitative estimate of drug-likeness (QED) is 0.610. The van der Waals surface area contributed by atoms with Gasteiger partial charge in [-0.05, 0) is 55.7 Å². The fourth-order valence-corrected chi connectivity index (χ4v) is 4.22. The lowest BCUT2D eigenvalue weighted by molar-refractivity contribution is 1.18. The van der Waals surface area contributed by atoms with Crippen LogP contribution in [0.15, 0.2) is 24.3 Å². The van der Waals surface area contributed by atoms with Crippen molar-refractivity contribution in [2.24, 2.45) is 0 Å². The number of aryl methyl sites for hydroxylation is 3. The van der Waals surface area contributed by atoms with Gasteiger partial charge in [0.05, 0.1) is 4.83 Å². The molecule has 0 bridgehead atoms. The third-order valence-electron chi connectivity index (χ3n) is 2.67. The minimum atomic E-state index is 0.235. The van der Waals surface area contributed by atoms with Crippen LogP contribution in [0.2, 0.25) is 5.02 Å². The van der Waals surface area contributed by atoms with Crippen molar-refractivity contribution in [1.82, 2.24) is 0 Å². The normalized spacial score (nSPS) is 12.8. The number of alkyl halides is 1. The first-order valence-electron chi connectivity index (χ1n) is 5.45. The molecule has 1 atom stereocenters. The van der Waals surface area contributed by atoms with Gasteiger partial charge in [0.2, 0.25) is 0 Å². The van der Waals surface area contributed by atoms with Gasteiger partial charge < -0.3 is 0 Å². The minimum absolute atomic E-state index is 0.235. The molecule has 0 aliphatic carbocycles. The molecule has 0 saturated heterocycles. The first-order chi connectivity index (χ1) is 7.97.